The maximum absolute atomic E-state index is 10.5. The smallest absolute Gasteiger partial charge is 0.251 e. The first-order valence-electron chi connectivity index (χ1n) is 2.53. The van der Waals surface area contributed by atoms with Crippen molar-refractivity contribution < 1.29 is 10.0 Å². The minimum atomic E-state index is -0.544. The first kappa shape index (κ1) is 7.04. The van der Waals surface area contributed by atoms with E-state index in [1.165, 1.54) is 11.3 Å². The molecule has 0 radical (unpaired) electrons. The van der Waals surface area contributed by atoms with Crippen LogP contribution in [0.5, 0.6) is 0 Å². The van der Waals surface area contributed by atoms with Gasteiger partial charge in [-0.1, -0.05) is 0 Å². The van der Waals surface area contributed by atoms with Crippen molar-refractivity contribution in [1.82, 2.24) is 0 Å². The van der Waals surface area contributed by atoms with Crippen LogP contribution in [0.2, 0.25) is 0 Å². The fourth-order valence-electron chi connectivity index (χ4n) is 0.590. The summed E-state index contributed by atoms with van der Waals surface area (Å²) in [7, 11) is 0. The molecule has 10 heavy (non-hydrogen) atoms. The number of thiophene rings is 1. The normalized spacial score (nSPS) is 9.30. The molecule has 5 heteroatoms. The zero-order chi connectivity index (χ0) is 7.56. The molecule has 1 aromatic rings. The summed E-state index contributed by atoms with van der Waals surface area (Å²) in [6.45, 7) is 0. The van der Waals surface area contributed by atoms with E-state index in [9.17, 15) is 4.79 Å². The van der Waals surface area contributed by atoms with Crippen LogP contribution in [0.1, 0.15) is 10.4 Å². The lowest BCUT2D eigenvalue weighted by atomic mass is 10.3. The number of nitrogens with two attached hydrogens (primary N) is 1. The second-order valence-corrected chi connectivity index (χ2v) is 2.56. The van der Waals surface area contributed by atoms with Gasteiger partial charge in [0.05, 0.1) is 5.56 Å². The number of primary amides is 1. The Morgan fingerprint density at radius 1 is 1.80 bits per heavy atom. The molecular formula is C5H6N2O2S. The van der Waals surface area contributed by atoms with Crippen molar-refractivity contribution in [3.8, 4) is 0 Å². The molecule has 0 aliphatic rings. The predicted octanol–water partition coefficient (Wildman–Crippen LogP) is 0.648. The zero-order valence-electron chi connectivity index (χ0n) is 5.00. The van der Waals surface area contributed by atoms with E-state index in [4.69, 9.17) is 10.9 Å². The molecule has 0 aliphatic carbocycles. The summed E-state index contributed by atoms with van der Waals surface area (Å²) < 4.78 is 0. The number of amides is 1. The maximum atomic E-state index is 10.5. The first-order valence-corrected chi connectivity index (χ1v) is 3.41. The molecule has 0 spiro atoms. The van der Waals surface area contributed by atoms with Crippen molar-refractivity contribution in [2.24, 2.45) is 5.73 Å². The Bertz CT molecular complexity index is 246. The summed E-state index contributed by atoms with van der Waals surface area (Å²) in [4.78, 5) is 10.5. The fourth-order valence-corrected chi connectivity index (χ4v) is 1.28. The summed E-state index contributed by atoms with van der Waals surface area (Å²) in [6.07, 6.45) is 0. The van der Waals surface area contributed by atoms with Gasteiger partial charge in [-0.25, -0.2) is 0 Å². The number of hydrogen-bond acceptors (Lipinski definition) is 4. The highest BCUT2D eigenvalue weighted by Crippen LogP contribution is 2.21. The lowest BCUT2D eigenvalue weighted by Crippen LogP contribution is -2.11. The third-order valence-corrected chi connectivity index (χ3v) is 1.85. The summed E-state index contributed by atoms with van der Waals surface area (Å²) in [6, 6.07) is 1.55. The van der Waals surface area contributed by atoms with Gasteiger partial charge in [-0.05, 0) is 11.4 Å². The fraction of sp³-hybridized carbons (Fsp3) is 0. The van der Waals surface area contributed by atoms with Crippen LogP contribution in [-0.2, 0) is 0 Å². The number of rotatable bonds is 2. The summed E-state index contributed by atoms with van der Waals surface area (Å²) in [5, 5.41) is 10.5. The Labute approximate surface area is 61.2 Å². The average Bonchev–Trinajstić information content (AvgIpc) is 2.33. The van der Waals surface area contributed by atoms with Gasteiger partial charge < -0.3 is 5.73 Å². The van der Waals surface area contributed by atoms with E-state index in [1.54, 1.807) is 11.4 Å². The molecule has 0 aromatic carbocycles. The van der Waals surface area contributed by atoms with Gasteiger partial charge in [0.1, 0.15) is 5.00 Å². The van der Waals surface area contributed by atoms with Gasteiger partial charge in [0.2, 0.25) is 0 Å². The number of nitrogens with one attached hydrogen (secondary N) is 1. The molecule has 0 fully saturated rings. The van der Waals surface area contributed by atoms with Crippen molar-refractivity contribution in [2.75, 3.05) is 5.48 Å². The number of carbonyl (C=O) groups is 1. The second-order valence-electron chi connectivity index (χ2n) is 1.64. The molecule has 0 unspecified atom stereocenters. The van der Waals surface area contributed by atoms with E-state index in [0.717, 1.165) is 0 Å². The van der Waals surface area contributed by atoms with E-state index in [2.05, 4.69) is 0 Å². The Morgan fingerprint density at radius 2 is 2.50 bits per heavy atom. The Balaban J connectivity index is 3.01. The molecule has 54 valence electrons. The quantitative estimate of drug-likeness (QED) is 0.553. The lowest BCUT2D eigenvalue weighted by Gasteiger charge is -1.94. The van der Waals surface area contributed by atoms with E-state index in [1.807, 2.05) is 5.48 Å². The molecule has 4 N–H and O–H groups in total. The average molecular weight is 158 g/mol. The first-order chi connectivity index (χ1) is 4.75. The molecule has 0 atom stereocenters. The van der Waals surface area contributed by atoms with Crippen LogP contribution in [0.15, 0.2) is 11.4 Å². The van der Waals surface area contributed by atoms with E-state index in [0.29, 0.717) is 10.6 Å². The van der Waals surface area contributed by atoms with Crippen LogP contribution in [-0.4, -0.2) is 11.1 Å². The van der Waals surface area contributed by atoms with Crippen molar-refractivity contribution >= 4 is 22.2 Å². The Morgan fingerprint density at radius 3 is 2.90 bits per heavy atom. The maximum Gasteiger partial charge on any atom is 0.251 e. The van der Waals surface area contributed by atoms with Crippen LogP contribution in [0.3, 0.4) is 0 Å². The molecule has 1 amide bonds. The predicted molar refractivity (Wildman–Crippen MR) is 38.2 cm³/mol. The Kier molecular flexibility index (Phi) is 1.88. The largest absolute Gasteiger partial charge is 0.366 e. The van der Waals surface area contributed by atoms with Crippen LogP contribution in [0.25, 0.3) is 0 Å². The molecule has 1 aromatic heterocycles. The minimum absolute atomic E-state index is 0.313. The van der Waals surface area contributed by atoms with E-state index in [-0.39, 0.29) is 0 Å². The number of anilines is 1. The van der Waals surface area contributed by atoms with E-state index < -0.39 is 5.91 Å². The highest BCUT2D eigenvalue weighted by Gasteiger charge is 2.07. The van der Waals surface area contributed by atoms with Gasteiger partial charge in [-0.3, -0.25) is 15.5 Å². The lowest BCUT2D eigenvalue weighted by molar-refractivity contribution is 0.100. The third kappa shape index (κ3) is 1.09. The zero-order valence-corrected chi connectivity index (χ0v) is 5.81. The monoisotopic (exact) mass is 158 g/mol. The molecular weight excluding hydrogens is 152 g/mol. The molecule has 4 nitrogen and oxygen atoms in total. The van der Waals surface area contributed by atoms with Crippen molar-refractivity contribution in [3.63, 3.8) is 0 Å². The summed E-state index contributed by atoms with van der Waals surface area (Å²) >= 11 is 1.22. The van der Waals surface area contributed by atoms with E-state index >= 15 is 0 Å². The second kappa shape index (κ2) is 2.68. The van der Waals surface area contributed by atoms with Crippen molar-refractivity contribution in [3.05, 3.63) is 17.0 Å². The van der Waals surface area contributed by atoms with Crippen LogP contribution in [0, 0.1) is 0 Å². The molecule has 0 saturated carbocycles. The van der Waals surface area contributed by atoms with Crippen LogP contribution < -0.4 is 11.2 Å². The molecule has 0 bridgehead atoms. The van der Waals surface area contributed by atoms with Crippen molar-refractivity contribution in [1.29, 1.82) is 0 Å². The molecule has 0 aliphatic heterocycles. The minimum Gasteiger partial charge on any atom is -0.366 e. The van der Waals surface area contributed by atoms with Gasteiger partial charge in [0, 0.05) is 0 Å². The van der Waals surface area contributed by atoms with Gasteiger partial charge >= 0.3 is 0 Å². The van der Waals surface area contributed by atoms with Crippen LogP contribution >= 0.6 is 11.3 Å². The number of hydrogen-bond donors (Lipinski definition) is 3. The summed E-state index contributed by atoms with van der Waals surface area (Å²) in [5.74, 6) is -0.544. The third-order valence-electron chi connectivity index (χ3n) is 1.03. The van der Waals surface area contributed by atoms with Gasteiger partial charge in [-0.2, -0.15) is 0 Å². The van der Waals surface area contributed by atoms with Gasteiger partial charge in [0.15, 0.2) is 0 Å². The highest BCUT2D eigenvalue weighted by molar-refractivity contribution is 7.14. The summed E-state index contributed by atoms with van der Waals surface area (Å²) in [5.41, 5.74) is 7.14. The highest BCUT2D eigenvalue weighted by atomic mass is 32.1. The molecule has 0 saturated heterocycles. The number of carbonyl (C=O) groups excluding carboxylic acids is 1. The molecule has 1 rings (SSSR count). The van der Waals surface area contributed by atoms with Crippen molar-refractivity contribution in [2.45, 2.75) is 0 Å². The standard InChI is InChI=1S/C5H6N2O2S/c6-4(8)3-1-2-10-5(3)7-9/h1-2,7,9H,(H2,6,8). The SMILES string of the molecule is NC(=O)c1ccsc1NO. The van der Waals surface area contributed by atoms with Gasteiger partial charge in [0.25, 0.3) is 5.91 Å². The molecule has 1 heterocycles. The van der Waals surface area contributed by atoms with Crippen LogP contribution in [0.4, 0.5) is 5.00 Å². The van der Waals surface area contributed by atoms with Gasteiger partial charge in [-0.15, -0.1) is 11.3 Å². The topological polar surface area (TPSA) is 75.4 Å². The Hall–Kier alpha value is -1.07.